The summed E-state index contributed by atoms with van der Waals surface area (Å²) in [4.78, 5) is 25.7. The lowest BCUT2D eigenvalue weighted by Gasteiger charge is -2.11. The molecule has 0 bridgehead atoms. The van der Waals surface area contributed by atoms with Crippen molar-refractivity contribution in [2.45, 2.75) is 4.90 Å². The van der Waals surface area contributed by atoms with E-state index in [2.05, 4.69) is 5.32 Å². The molecule has 6 heteroatoms. The number of rotatable bonds is 7. The summed E-state index contributed by atoms with van der Waals surface area (Å²) in [5, 5.41) is 3.31. The van der Waals surface area contributed by atoms with Crippen LogP contribution >= 0.6 is 23.4 Å². The van der Waals surface area contributed by atoms with Crippen LogP contribution in [0.2, 0.25) is 5.02 Å². The Kier molecular flexibility index (Phi) is 6.74. The molecule has 0 aliphatic heterocycles. The fourth-order valence-electron chi connectivity index (χ4n) is 2.56. The van der Waals surface area contributed by atoms with Crippen molar-refractivity contribution in [2.75, 3.05) is 18.2 Å². The lowest BCUT2D eigenvalue weighted by Crippen LogP contribution is -2.12. The highest BCUT2D eigenvalue weighted by Crippen LogP contribution is 2.28. The second-order valence-electron chi connectivity index (χ2n) is 5.90. The molecule has 0 radical (unpaired) electrons. The van der Waals surface area contributed by atoms with Gasteiger partial charge in [0.25, 0.3) is 5.91 Å². The Labute approximate surface area is 172 Å². The maximum atomic E-state index is 12.6. The minimum atomic E-state index is -0.280. The van der Waals surface area contributed by atoms with Gasteiger partial charge >= 0.3 is 0 Å². The number of hydrogen-bond donors (Lipinski definition) is 1. The Balaban J connectivity index is 1.68. The van der Waals surface area contributed by atoms with Crippen molar-refractivity contribution >= 4 is 40.7 Å². The standard InChI is InChI=1S/C22H18ClNO3S/c1-27-21-11-10-17(23)13-19(21)24-22(26)16-8-5-9-18(12-16)28-14-20(25)15-6-3-2-4-7-15/h2-13H,14H2,1H3,(H,24,26). The number of Topliss-reactive ketones (excluding diaryl/α,β-unsaturated/α-hetero) is 1. The molecule has 3 aromatic rings. The number of anilines is 1. The van der Waals surface area contributed by atoms with Crippen molar-refractivity contribution < 1.29 is 14.3 Å². The van der Waals surface area contributed by atoms with Crippen molar-refractivity contribution in [3.63, 3.8) is 0 Å². The number of nitrogens with one attached hydrogen (secondary N) is 1. The number of hydrogen-bond acceptors (Lipinski definition) is 4. The average molecular weight is 412 g/mol. The van der Waals surface area contributed by atoms with Gasteiger partial charge in [-0.05, 0) is 36.4 Å². The van der Waals surface area contributed by atoms with E-state index in [0.29, 0.717) is 33.3 Å². The third-order valence-corrected chi connectivity index (χ3v) is 5.20. The summed E-state index contributed by atoms with van der Waals surface area (Å²) >= 11 is 7.40. The minimum Gasteiger partial charge on any atom is -0.495 e. The third kappa shape index (κ3) is 5.15. The molecule has 0 saturated carbocycles. The van der Waals surface area contributed by atoms with Gasteiger partial charge in [0.1, 0.15) is 5.75 Å². The second-order valence-corrected chi connectivity index (χ2v) is 7.39. The summed E-state index contributed by atoms with van der Waals surface area (Å²) in [6.07, 6.45) is 0. The lowest BCUT2D eigenvalue weighted by molar-refractivity contribution is 0.101. The summed E-state index contributed by atoms with van der Waals surface area (Å²) in [5.41, 5.74) is 1.66. The topological polar surface area (TPSA) is 55.4 Å². The van der Waals surface area contributed by atoms with Gasteiger partial charge in [0.15, 0.2) is 5.78 Å². The van der Waals surface area contributed by atoms with Crippen LogP contribution in [0.5, 0.6) is 5.75 Å². The van der Waals surface area contributed by atoms with Crippen molar-refractivity contribution in [3.05, 3.63) is 88.9 Å². The summed E-state index contributed by atoms with van der Waals surface area (Å²) in [7, 11) is 1.53. The summed E-state index contributed by atoms with van der Waals surface area (Å²) in [6, 6.07) is 21.3. The number of halogens is 1. The zero-order chi connectivity index (χ0) is 19.9. The molecule has 0 aromatic heterocycles. The van der Waals surface area contributed by atoms with Gasteiger partial charge in [-0.25, -0.2) is 0 Å². The van der Waals surface area contributed by atoms with Crippen molar-refractivity contribution in [2.24, 2.45) is 0 Å². The maximum Gasteiger partial charge on any atom is 0.255 e. The van der Waals surface area contributed by atoms with Crippen LogP contribution in [0.1, 0.15) is 20.7 Å². The average Bonchev–Trinajstić information content (AvgIpc) is 2.73. The molecular formula is C22H18ClNO3S. The van der Waals surface area contributed by atoms with E-state index in [1.54, 1.807) is 48.5 Å². The Morgan fingerprint density at radius 2 is 1.71 bits per heavy atom. The van der Waals surface area contributed by atoms with Crippen molar-refractivity contribution in [1.82, 2.24) is 0 Å². The molecule has 4 nitrogen and oxygen atoms in total. The lowest BCUT2D eigenvalue weighted by atomic mass is 10.2. The Morgan fingerprint density at radius 1 is 0.964 bits per heavy atom. The first kappa shape index (κ1) is 20.0. The van der Waals surface area contributed by atoms with Crippen LogP contribution in [-0.2, 0) is 0 Å². The number of ether oxygens (including phenoxy) is 1. The fourth-order valence-corrected chi connectivity index (χ4v) is 3.58. The van der Waals surface area contributed by atoms with Crippen LogP contribution in [0.15, 0.2) is 77.7 Å². The van der Waals surface area contributed by atoms with E-state index in [4.69, 9.17) is 16.3 Å². The van der Waals surface area contributed by atoms with Crippen molar-refractivity contribution in [1.29, 1.82) is 0 Å². The number of benzene rings is 3. The Hall–Kier alpha value is -2.76. The molecule has 0 aliphatic carbocycles. The van der Waals surface area contributed by atoms with Crippen LogP contribution in [0.25, 0.3) is 0 Å². The highest BCUT2D eigenvalue weighted by molar-refractivity contribution is 8.00. The molecule has 0 fully saturated rings. The molecule has 0 saturated heterocycles. The van der Waals surface area contributed by atoms with Gasteiger partial charge in [0, 0.05) is 21.0 Å². The van der Waals surface area contributed by atoms with Gasteiger partial charge in [-0.3, -0.25) is 9.59 Å². The monoisotopic (exact) mass is 411 g/mol. The molecule has 28 heavy (non-hydrogen) atoms. The predicted octanol–water partition coefficient (Wildman–Crippen LogP) is 5.58. The number of ketones is 1. The van der Waals surface area contributed by atoms with Gasteiger partial charge in [0.2, 0.25) is 0 Å². The molecule has 0 unspecified atom stereocenters. The summed E-state index contributed by atoms with van der Waals surface area (Å²) in [6.45, 7) is 0. The normalized spacial score (nSPS) is 10.4. The molecule has 1 amide bonds. The van der Waals surface area contributed by atoms with Gasteiger partial charge in [0.05, 0.1) is 18.6 Å². The molecule has 0 spiro atoms. The molecular weight excluding hydrogens is 394 g/mol. The summed E-state index contributed by atoms with van der Waals surface area (Å²) in [5.74, 6) is 0.593. The quantitative estimate of drug-likeness (QED) is 0.407. The van der Waals surface area contributed by atoms with E-state index >= 15 is 0 Å². The first-order valence-corrected chi connectivity index (χ1v) is 9.89. The van der Waals surface area contributed by atoms with E-state index in [1.807, 2.05) is 24.3 Å². The number of carbonyl (C=O) groups excluding carboxylic acids is 2. The number of thioether (sulfide) groups is 1. The smallest absolute Gasteiger partial charge is 0.255 e. The highest BCUT2D eigenvalue weighted by Gasteiger charge is 2.12. The molecule has 3 rings (SSSR count). The molecule has 142 valence electrons. The number of methoxy groups -OCH3 is 1. The number of amides is 1. The maximum absolute atomic E-state index is 12.6. The largest absolute Gasteiger partial charge is 0.495 e. The van der Waals surface area contributed by atoms with Gasteiger partial charge < -0.3 is 10.1 Å². The predicted molar refractivity (Wildman–Crippen MR) is 114 cm³/mol. The van der Waals surface area contributed by atoms with Crippen LogP contribution in [0.3, 0.4) is 0 Å². The van der Waals surface area contributed by atoms with Gasteiger partial charge in [-0.1, -0.05) is 48.0 Å². The first-order chi connectivity index (χ1) is 13.6. The SMILES string of the molecule is COc1ccc(Cl)cc1NC(=O)c1cccc(SCC(=O)c2ccccc2)c1. The van der Waals surface area contributed by atoms with Crippen LogP contribution in [0, 0.1) is 0 Å². The third-order valence-electron chi connectivity index (χ3n) is 3.97. The minimum absolute atomic E-state index is 0.0455. The van der Waals surface area contributed by atoms with Crippen LogP contribution in [-0.4, -0.2) is 24.6 Å². The zero-order valence-electron chi connectivity index (χ0n) is 15.1. The second kappa shape index (κ2) is 9.44. The molecule has 0 atom stereocenters. The zero-order valence-corrected chi connectivity index (χ0v) is 16.7. The van der Waals surface area contributed by atoms with Gasteiger partial charge in [-0.2, -0.15) is 0 Å². The first-order valence-electron chi connectivity index (χ1n) is 8.53. The van der Waals surface area contributed by atoms with Crippen molar-refractivity contribution in [3.8, 4) is 5.75 Å². The molecule has 0 aliphatic rings. The number of carbonyl (C=O) groups is 2. The van der Waals surface area contributed by atoms with E-state index in [1.165, 1.54) is 18.9 Å². The van der Waals surface area contributed by atoms with E-state index < -0.39 is 0 Å². The van der Waals surface area contributed by atoms with Gasteiger partial charge in [-0.15, -0.1) is 11.8 Å². The Morgan fingerprint density at radius 3 is 2.46 bits per heavy atom. The Bertz CT molecular complexity index is 992. The van der Waals surface area contributed by atoms with E-state index in [-0.39, 0.29) is 11.7 Å². The molecule has 1 N–H and O–H groups in total. The highest BCUT2D eigenvalue weighted by atomic mass is 35.5. The van der Waals surface area contributed by atoms with Crippen LogP contribution in [0.4, 0.5) is 5.69 Å². The molecule has 3 aromatic carbocycles. The summed E-state index contributed by atoms with van der Waals surface area (Å²) < 4.78 is 5.25. The van der Waals surface area contributed by atoms with E-state index in [0.717, 1.165) is 4.90 Å². The van der Waals surface area contributed by atoms with Crippen LogP contribution < -0.4 is 10.1 Å². The fraction of sp³-hybridized carbons (Fsp3) is 0.0909. The van der Waals surface area contributed by atoms with E-state index in [9.17, 15) is 9.59 Å². The molecule has 0 heterocycles.